The van der Waals surface area contributed by atoms with Crippen molar-refractivity contribution >= 4 is 55.6 Å². The van der Waals surface area contributed by atoms with Gasteiger partial charge in [0.2, 0.25) is 5.91 Å². The molecule has 1 saturated carbocycles. The Morgan fingerprint density at radius 3 is 2.39 bits per heavy atom. The lowest BCUT2D eigenvalue weighted by Crippen LogP contribution is -2.40. The Morgan fingerprint density at radius 2 is 1.79 bits per heavy atom. The average molecular weight is 476 g/mol. The van der Waals surface area contributed by atoms with Crippen LogP contribution in [0.5, 0.6) is 0 Å². The molecule has 0 spiro atoms. The molecule has 3 nitrogen and oxygen atoms in total. The van der Waals surface area contributed by atoms with E-state index in [9.17, 15) is 4.79 Å². The van der Waals surface area contributed by atoms with Crippen LogP contribution in [-0.4, -0.2) is 16.3 Å². The van der Waals surface area contributed by atoms with Crippen LogP contribution < -0.4 is 4.90 Å². The molecule has 1 aliphatic carbocycles. The minimum atomic E-state index is -0.0386. The first kappa shape index (κ1) is 19.6. The third kappa shape index (κ3) is 4.02. The number of amides is 1. The zero-order valence-corrected chi connectivity index (χ0v) is 18.8. The molecule has 1 aromatic heterocycles. The number of nitrogens with zero attached hydrogens (tertiary/aromatic N) is 2. The molecule has 0 radical (unpaired) electrons. The summed E-state index contributed by atoms with van der Waals surface area (Å²) in [6.07, 6.45) is 1.46. The second-order valence-electron chi connectivity index (χ2n) is 7.31. The summed E-state index contributed by atoms with van der Waals surface area (Å²) in [6, 6.07) is 14.2. The zero-order valence-electron chi connectivity index (χ0n) is 15.7. The van der Waals surface area contributed by atoms with Crippen LogP contribution in [0.3, 0.4) is 0 Å². The Hall–Kier alpha value is -1.69. The lowest BCUT2D eigenvalue weighted by atomic mass is 9.83. The Morgan fingerprint density at radius 1 is 1.14 bits per heavy atom. The summed E-state index contributed by atoms with van der Waals surface area (Å²) in [6.45, 7) is 4.10. The molecule has 1 aliphatic rings. The van der Waals surface area contributed by atoms with Crippen molar-refractivity contribution in [3.05, 3.63) is 63.4 Å². The van der Waals surface area contributed by atoms with E-state index >= 15 is 0 Å². The molecule has 2 aromatic carbocycles. The lowest BCUT2D eigenvalue weighted by molar-refractivity contribution is -0.123. The number of aromatic nitrogens is 1. The number of halogens is 2. The first-order chi connectivity index (χ1) is 13.4. The molecular weight excluding hydrogens is 456 g/mol. The molecule has 0 aliphatic heterocycles. The van der Waals surface area contributed by atoms with Gasteiger partial charge in [0.05, 0.1) is 11.4 Å². The van der Waals surface area contributed by atoms with Crippen LogP contribution in [0.4, 0.5) is 10.8 Å². The highest BCUT2D eigenvalue weighted by molar-refractivity contribution is 9.10. The zero-order chi connectivity index (χ0) is 19.8. The van der Waals surface area contributed by atoms with Crippen molar-refractivity contribution in [2.75, 3.05) is 4.90 Å². The molecule has 1 heterocycles. The number of hydrogen-bond donors (Lipinski definition) is 0. The fraction of sp³-hybridized carbons (Fsp3) is 0.273. The van der Waals surface area contributed by atoms with Gasteiger partial charge in [-0.15, -0.1) is 22.9 Å². The van der Waals surface area contributed by atoms with Crippen LogP contribution in [0, 0.1) is 19.8 Å². The van der Waals surface area contributed by atoms with Crippen molar-refractivity contribution in [2.45, 2.75) is 32.1 Å². The first-order valence-corrected chi connectivity index (χ1v) is 11.3. The second-order valence-corrected chi connectivity index (χ2v) is 9.68. The maximum Gasteiger partial charge on any atom is 0.236 e. The highest BCUT2D eigenvalue weighted by atomic mass is 79.9. The molecule has 4 rings (SSSR count). The number of aryl methyl sites for hydroxylation is 2. The fourth-order valence-electron chi connectivity index (χ4n) is 3.46. The predicted molar refractivity (Wildman–Crippen MR) is 121 cm³/mol. The molecule has 6 heteroatoms. The van der Waals surface area contributed by atoms with Crippen molar-refractivity contribution in [2.24, 2.45) is 5.92 Å². The van der Waals surface area contributed by atoms with E-state index < -0.39 is 0 Å². The second kappa shape index (κ2) is 7.97. The van der Waals surface area contributed by atoms with Gasteiger partial charge in [-0.05, 0) is 62.1 Å². The molecule has 0 N–H and O–H groups in total. The van der Waals surface area contributed by atoms with Gasteiger partial charge in [-0.3, -0.25) is 9.69 Å². The van der Waals surface area contributed by atoms with Crippen molar-refractivity contribution < 1.29 is 4.79 Å². The summed E-state index contributed by atoms with van der Waals surface area (Å²) in [5, 5.41) is 2.81. The van der Waals surface area contributed by atoms with Gasteiger partial charge in [0.25, 0.3) is 0 Å². The van der Waals surface area contributed by atoms with Gasteiger partial charge in [-0.1, -0.05) is 34.1 Å². The number of thiazole rings is 1. The van der Waals surface area contributed by atoms with Crippen molar-refractivity contribution in [1.82, 2.24) is 4.98 Å². The molecule has 3 aromatic rings. The van der Waals surface area contributed by atoms with Gasteiger partial charge >= 0.3 is 0 Å². The highest BCUT2D eigenvalue weighted by Crippen LogP contribution is 2.39. The summed E-state index contributed by atoms with van der Waals surface area (Å²) in [4.78, 5) is 19.9. The molecule has 1 fully saturated rings. The van der Waals surface area contributed by atoms with E-state index in [1.165, 1.54) is 11.3 Å². The molecular formula is C22H20BrClN2OS. The maximum atomic E-state index is 13.3. The van der Waals surface area contributed by atoms with E-state index in [0.717, 1.165) is 45.4 Å². The smallest absolute Gasteiger partial charge is 0.236 e. The van der Waals surface area contributed by atoms with Crippen molar-refractivity contribution in [3.63, 3.8) is 0 Å². The average Bonchev–Trinajstić information content (AvgIpc) is 3.08. The van der Waals surface area contributed by atoms with E-state index in [2.05, 4.69) is 22.0 Å². The quantitative estimate of drug-likeness (QED) is 0.386. The van der Waals surface area contributed by atoms with Gasteiger partial charge in [0, 0.05) is 26.7 Å². The normalized spacial score (nSPS) is 18.6. The van der Waals surface area contributed by atoms with Crippen LogP contribution in [0.25, 0.3) is 11.3 Å². The van der Waals surface area contributed by atoms with E-state index in [-0.39, 0.29) is 17.2 Å². The largest absolute Gasteiger partial charge is 0.274 e. The van der Waals surface area contributed by atoms with Crippen molar-refractivity contribution in [1.29, 1.82) is 0 Å². The monoisotopic (exact) mass is 474 g/mol. The maximum absolute atomic E-state index is 13.3. The SMILES string of the molecule is Cc1cc(C)cc(N(C(=O)C2CC(Cl)C2)c2nc(-c3ccc(Br)cc3)cs2)c1. The molecule has 0 bridgehead atoms. The first-order valence-electron chi connectivity index (χ1n) is 9.18. The molecule has 1 amide bonds. The lowest BCUT2D eigenvalue weighted by Gasteiger charge is -2.33. The summed E-state index contributed by atoms with van der Waals surface area (Å²) in [5.74, 6) is 0.0435. The van der Waals surface area contributed by atoms with Gasteiger partial charge in [-0.25, -0.2) is 4.98 Å². The van der Waals surface area contributed by atoms with Crippen LogP contribution in [0.1, 0.15) is 24.0 Å². The molecule has 0 unspecified atom stereocenters. The van der Waals surface area contributed by atoms with E-state index in [4.69, 9.17) is 16.6 Å². The van der Waals surface area contributed by atoms with Crippen LogP contribution in [0.2, 0.25) is 0 Å². The van der Waals surface area contributed by atoms with Crippen molar-refractivity contribution in [3.8, 4) is 11.3 Å². The van der Waals surface area contributed by atoms with Crippen LogP contribution in [0.15, 0.2) is 52.3 Å². The Balaban J connectivity index is 1.73. The topological polar surface area (TPSA) is 33.2 Å². The standard InChI is InChI=1S/C22H20BrClN2OS/c1-13-7-14(2)9-19(8-13)26(21(27)16-10-18(24)11-16)22-25-20(12-28-22)15-3-5-17(23)6-4-15/h3-9,12,16,18H,10-11H2,1-2H3. The molecule has 28 heavy (non-hydrogen) atoms. The predicted octanol–water partition coefficient (Wildman–Crippen LogP) is 6.87. The van der Waals surface area contributed by atoms with Gasteiger partial charge in [0.15, 0.2) is 5.13 Å². The minimum Gasteiger partial charge on any atom is -0.274 e. The van der Waals surface area contributed by atoms with Gasteiger partial charge < -0.3 is 0 Å². The number of carbonyl (C=O) groups excluding carboxylic acids is 1. The van der Waals surface area contributed by atoms with Gasteiger partial charge in [-0.2, -0.15) is 0 Å². The summed E-state index contributed by atoms with van der Waals surface area (Å²) in [7, 11) is 0. The van der Waals surface area contributed by atoms with Gasteiger partial charge in [0.1, 0.15) is 0 Å². The fourth-order valence-corrected chi connectivity index (χ4v) is 5.02. The number of alkyl halides is 1. The third-order valence-electron chi connectivity index (χ3n) is 4.94. The molecule has 144 valence electrons. The highest BCUT2D eigenvalue weighted by Gasteiger charge is 2.37. The summed E-state index contributed by atoms with van der Waals surface area (Å²) < 4.78 is 1.03. The minimum absolute atomic E-state index is 0.0386. The Labute approximate surface area is 182 Å². The number of carbonyl (C=O) groups is 1. The summed E-state index contributed by atoms with van der Waals surface area (Å²) >= 11 is 11.1. The van der Waals surface area contributed by atoms with E-state index in [1.807, 2.05) is 55.6 Å². The third-order valence-corrected chi connectivity index (χ3v) is 6.65. The number of rotatable bonds is 4. The number of hydrogen-bond acceptors (Lipinski definition) is 3. The molecule has 0 atom stereocenters. The Kier molecular flexibility index (Phi) is 5.59. The van der Waals surface area contributed by atoms with Crippen LogP contribution in [-0.2, 0) is 4.79 Å². The molecule has 0 saturated heterocycles. The Bertz CT molecular complexity index is 991. The number of benzene rings is 2. The summed E-state index contributed by atoms with van der Waals surface area (Å²) in [5.41, 5.74) is 5.03. The van der Waals surface area contributed by atoms with Crippen LogP contribution >= 0.6 is 38.9 Å². The van der Waals surface area contributed by atoms with E-state index in [0.29, 0.717) is 5.13 Å². The number of anilines is 2. The van der Waals surface area contributed by atoms with E-state index in [1.54, 1.807) is 4.90 Å².